The Bertz CT molecular complexity index is 903. The van der Waals surface area contributed by atoms with Crippen molar-refractivity contribution in [2.75, 3.05) is 23.7 Å². The van der Waals surface area contributed by atoms with E-state index < -0.39 is 5.54 Å². The van der Waals surface area contributed by atoms with Gasteiger partial charge in [-0.1, -0.05) is 12.1 Å². The molecule has 2 N–H and O–H groups in total. The summed E-state index contributed by atoms with van der Waals surface area (Å²) in [6.45, 7) is 7.59. The Balaban J connectivity index is 1.70. The van der Waals surface area contributed by atoms with Crippen LogP contribution in [0.1, 0.15) is 44.0 Å². The zero-order chi connectivity index (χ0) is 19.8. The van der Waals surface area contributed by atoms with Gasteiger partial charge in [-0.2, -0.15) is 0 Å². The fourth-order valence-electron chi connectivity index (χ4n) is 3.93. The average Bonchev–Trinajstić information content (AvgIpc) is 2.68. The zero-order valence-electron chi connectivity index (χ0n) is 16.7. The molecule has 0 aliphatic carbocycles. The van der Waals surface area contributed by atoms with Crippen molar-refractivity contribution < 1.29 is 4.79 Å². The number of aromatic nitrogens is 1. The highest BCUT2D eigenvalue weighted by atomic mass is 16.2. The van der Waals surface area contributed by atoms with E-state index in [-0.39, 0.29) is 11.4 Å². The number of benzene rings is 1. The van der Waals surface area contributed by atoms with E-state index in [2.05, 4.69) is 48.5 Å². The van der Waals surface area contributed by atoms with E-state index in [9.17, 15) is 4.79 Å². The van der Waals surface area contributed by atoms with Gasteiger partial charge in [0.25, 0.3) is 5.91 Å². The molecular weight excluding hydrogens is 350 g/mol. The normalized spacial score (nSPS) is 23.1. The van der Waals surface area contributed by atoms with Gasteiger partial charge in [0.2, 0.25) is 0 Å². The lowest BCUT2D eigenvalue weighted by Crippen LogP contribution is -2.63. The summed E-state index contributed by atoms with van der Waals surface area (Å²) in [5.74, 6) is 0.922. The molecule has 1 saturated heterocycles. The Kier molecular flexibility index (Phi) is 4.57. The number of pyridine rings is 1. The molecule has 1 amide bonds. The number of carbonyl (C=O) groups is 1. The van der Waals surface area contributed by atoms with Gasteiger partial charge in [0.15, 0.2) is 0 Å². The van der Waals surface area contributed by atoms with Crippen LogP contribution in [0.5, 0.6) is 0 Å². The number of likely N-dealkylation sites (tertiary alicyclic amines) is 1. The predicted octanol–water partition coefficient (Wildman–Crippen LogP) is 3.79. The highest BCUT2D eigenvalue weighted by molar-refractivity contribution is 6.10. The summed E-state index contributed by atoms with van der Waals surface area (Å²) < 4.78 is 0. The first-order valence-corrected chi connectivity index (χ1v) is 9.80. The molecule has 1 spiro atoms. The number of anilines is 2. The van der Waals surface area contributed by atoms with Crippen molar-refractivity contribution in [3.63, 3.8) is 0 Å². The monoisotopic (exact) mass is 377 g/mol. The Morgan fingerprint density at radius 1 is 1.18 bits per heavy atom. The quantitative estimate of drug-likeness (QED) is 0.793. The summed E-state index contributed by atoms with van der Waals surface area (Å²) in [6, 6.07) is 11.8. The molecule has 2 aromatic rings. The average molecular weight is 377 g/mol. The number of nitrogens with one attached hydrogen (secondary N) is 2. The van der Waals surface area contributed by atoms with E-state index in [0.717, 1.165) is 36.6 Å². The third-order valence-corrected chi connectivity index (χ3v) is 5.14. The molecule has 4 rings (SSSR count). The van der Waals surface area contributed by atoms with E-state index >= 15 is 0 Å². The van der Waals surface area contributed by atoms with E-state index in [1.165, 1.54) is 0 Å². The highest BCUT2D eigenvalue weighted by Gasteiger charge is 2.45. The zero-order valence-corrected chi connectivity index (χ0v) is 16.7. The third kappa shape index (κ3) is 3.59. The third-order valence-electron chi connectivity index (χ3n) is 5.14. The minimum atomic E-state index is -0.419. The molecule has 0 saturated carbocycles. The Morgan fingerprint density at radius 3 is 2.68 bits per heavy atom. The van der Waals surface area contributed by atoms with Gasteiger partial charge < -0.3 is 15.5 Å². The van der Waals surface area contributed by atoms with Crippen molar-refractivity contribution in [1.82, 2.24) is 9.88 Å². The minimum absolute atomic E-state index is 0.0166. The standard InChI is InChI=1S/C22H27N5O/c1-21(2,3)26-20-22(25-18-10-5-4-9-17(18)24-20)11-7-13-27(15-22)19(28)16-8-6-12-23-14-16/h4-6,8-10,12,14,25H,7,11,13,15H2,1-3H3,(H,24,26)/t22-/m1/s1. The van der Waals surface area contributed by atoms with Gasteiger partial charge in [-0.05, 0) is 57.9 Å². The molecule has 6 heteroatoms. The second kappa shape index (κ2) is 6.93. The fraction of sp³-hybridized carbons (Fsp3) is 0.409. The fourth-order valence-corrected chi connectivity index (χ4v) is 3.93. The molecule has 1 atom stereocenters. The smallest absolute Gasteiger partial charge is 0.255 e. The molecule has 0 unspecified atom stereocenters. The Hall–Kier alpha value is -2.89. The van der Waals surface area contributed by atoms with E-state index in [1.54, 1.807) is 18.5 Å². The number of amidine groups is 1. The van der Waals surface area contributed by atoms with Crippen LogP contribution in [0.3, 0.4) is 0 Å². The van der Waals surface area contributed by atoms with Crippen molar-refractivity contribution in [2.45, 2.75) is 44.7 Å². The van der Waals surface area contributed by atoms with Crippen LogP contribution in [-0.2, 0) is 0 Å². The number of para-hydroxylation sites is 2. The van der Waals surface area contributed by atoms with Crippen molar-refractivity contribution in [1.29, 1.82) is 0 Å². The summed E-state index contributed by atoms with van der Waals surface area (Å²) in [5, 5.41) is 7.27. The molecule has 2 aliphatic heterocycles. The lowest BCUT2D eigenvalue weighted by Gasteiger charge is -2.47. The van der Waals surface area contributed by atoms with Crippen molar-refractivity contribution in [3.8, 4) is 0 Å². The molecule has 3 heterocycles. The predicted molar refractivity (Wildman–Crippen MR) is 113 cm³/mol. The SMILES string of the molecule is CC(C)(C)N=C1Nc2ccccc2N[C@@]12CCCN(C(=O)c1cccnc1)C2. The molecule has 6 nitrogen and oxygen atoms in total. The van der Waals surface area contributed by atoms with Crippen molar-refractivity contribution >= 4 is 23.1 Å². The van der Waals surface area contributed by atoms with Crippen LogP contribution < -0.4 is 10.6 Å². The van der Waals surface area contributed by atoms with Crippen LogP contribution in [-0.4, -0.2) is 45.8 Å². The number of amides is 1. The van der Waals surface area contributed by atoms with Crippen LogP contribution >= 0.6 is 0 Å². The molecule has 0 bridgehead atoms. The Labute approximate surface area is 166 Å². The van der Waals surface area contributed by atoms with Gasteiger partial charge in [0.05, 0.1) is 29.0 Å². The minimum Gasteiger partial charge on any atom is -0.370 e. The number of piperidine rings is 1. The van der Waals surface area contributed by atoms with Crippen LogP contribution in [0, 0.1) is 0 Å². The Morgan fingerprint density at radius 2 is 1.96 bits per heavy atom. The molecule has 146 valence electrons. The largest absolute Gasteiger partial charge is 0.370 e. The summed E-state index contributed by atoms with van der Waals surface area (Å²) in [4.78, 5) is 24.1. The van der Waals surface area contributed by atoms with Gasteiger partial charge >= 0.3 is 0 Å². The highest BCUT2D eigenvalue weighted by Crippen LogP contribution is 2.37. The van der Waals surface area contributed by atoms with Gasteiger partial charge in [-0.15, -0.1) is 0 Å². The summed E-state index contributed by atoms with van der Waals surface area (Å²) in [7, 11) is 0. The molecular formula is C22H27N5O. The molecule has 28 heavy (non-hydrogen) atoms. The second-order valence-electron chi connectivity index (χ2n) is 8.58. The van der Waals surface area contributed by atoms with E-state index in [4.69, 9.17) is 4.99 Å². The molecule has 1 fully saturated rings. The maximum absolute atomic E-state index is 13.1. The molecule has 1 aromatic heterocycles. The lowest BCUT2D eigenvalue weighted by molar-refractivity contribution is 0.0694. The number of aliphatic imine (C=N–C) groups is 1. The maximum atomic E-state index is 13.1. The first-order chi connectivity index (χ1) is 13.4. The van der Waals surface area contributed by atoms with Crippen LogP contribution in [0.25, 0.3) is 0 Å². The van der Waals surface area contributed by atoms with Crippen LogP contribution in [0.4, 0.5) is 11.4 Å². The van der Waals surface area contributed by atoms with Crippen molar-refractivity contribution in [2.24, 2.45) is 4.99 Å². The van der Waals surface area contributed by atoms with Crippen LogP contribution in [0.2, 0.25) is 0 Å². The number of fused-ring (bicyclic) bond motifs is 1. The first-order valence-electron chi connectivity index (χ1n) is 9.80. The summed E-state index contributed by atoms with van der Waals surface area (Å²) >= 11 is 0. The van der Waals surface area contributed by atoms with Crippen molar-refractivity contribution in [3.05, 3.63) is 54.4 Å². The number of nitrogens with zero attached hydrogens (tertiary/aromatic N) is 3. The van der Waals surface area contributed by atoms with Crippen LogP contribution in [0.15, 0.2) is 53.8 Å². The van der Waals surface area contributed by atoms with Gasteiger partial charge in [0.1, 0.15) is 11.4 Å². The lowest BCUT2D eigenvalue weighted by atomic mass is 9.84. The van der Waals surface area contributed by atoms with Gasteiger partial charge in [-0.3, -0.25) is 14.8 Å². The topological polar surface area (TPSA) is 69.6 Å². The summed E-state index contributed by atoms with van der Waals surface area (Å²) in [5.41, 5.74) is 2.05. The second-order valence-corrected chi connectivity index (χ2v) is 8.58. The van der Waals surface area contributed by atoms with E-state index in [0.29, 0.717) is 12.1 Å². The molecule has 0 radical (unpaired) electrons. The molecule has 2 aliphatic rings. The van der Waals surface area contributed by atoms with Gasteiger partial charge in [-0.25, -0.2) is 0 Å². The number of carbonyl (C=O) groups excluding carboxylic acids is 1. The van der Waals surface area contributed by atoms with E-state index in [1.807, 2.05) is 23.1 Å². The maximum Gasteiger partial charge on any atom is 0.255 e. The summed E-state index contributed by atoms with van der Waals surface area (Å²) in [6.07, 6.45) is 5.15. The number of hydrogen-bond acceptors (Lipinski definition) is 4. The number of rotatable bonds is 1. The molecule has 1 aromatic carbocycles. The first kappa shape index (κ1) is 18.5. The van der Waals surface area contributed by atoms with Gasteiger partial charge in [0, 0.05) is 18.9 Å². The number of hydrogen-bond donors (Lipinski definition) is 2.